The SMILES string of the molecule is N#C/C(=C/c1occc1Br)C(=O)O. The van der Waals surface area contributed by atoms with E-state index < -0.39 is 5.97 Å². The van der Waals surface area contributed by atoms with Gasteiger partial charge in [0.2, 0.25) is 0 Å². The molecule has 0 amide bonds. The summed E-state index contributed by atoms with van der Waals surface area (Å²) in [7, 11) is 0. The molecule has 1 heterocycles. The van der Waals surface area contributed by atoms with Crippen molar-refractivity contribution in [3.05, 3.63) is 28.1 Å². The maximum atomic E-state index is 10.4. The molecule has 0 aliphatic rings. The summed E-state index contributed by atoms with van der Waals surface area (Å²) in [6.45, 7) is 0. The lowest BCUT2D eigenvalue weighted by molar-refractivity contribution is -0.132. The molecule has 0 aromatic carbocycles. The fourth-order valence-electron chi connectivity index (χ4n) is 0.681. The summed E-state index contributed by atoms with van der Waals surface area (Å²) in [6.07, 6.45) is 2.55. The molecule has 1 aromatic heterocycles. The standard InChI is InChI=1S/C8H4BrNO3/c9-6-1-2-13-7(6)3-5(4-10)8(11)12/h1-3H,(H,11,12)/b5-3-. The lowest BCUT2D eigenvalue weighted by Crippen LogP contribution is -1.96. The molecule has 66 valence electrons. The number of carboxylic acid groups (broad SMARTS) is 1. The number of nitriles is 1. The first kappa shape index (κ1) is 9.55. The Hall–Kier alpha value is -1.54. The number of hydrogen-bond donors (Lipinski definition) is 1. The van der Waals surface area contributed by atoms with Crippen molar-refractivity contribution in [1.29, 1.82) is 5.26 Å². The van der Waals surface area contributed by atoms with E-state index in [2.05, 4.69) is 15.9 Å². The number of furan rings is 1. The number of rotatable bonds is 2. The van der Waals surface area contributed by atoms with E-state index in [1.54, 1.807) is 12.1 Å². The van der Waals surface area contributed by atoms with Gasteiger partial charge in [0.1, 0.15) is 17.4 Å². The summed E-state index contributed by atoms with van der Waals surface area (Å²) >= 11 is 3.13. The van der Waals surface area contributed by atoms with Gasteiger partial charge in [0.15, 0.2) is 0 Å². The van der Waals surface area contributed by atoms with Crippen LogP contribution in [0.5, 0.6) is 0 Å². The van der Waals surface area contributed by atoms with E-state index in [-0.39, 0.29) is 5.57 Å². The number of halogens is 1. The van der Waals surface area contributed by atoms with Crippen LogP contribution in [0.25, 0.3) is 6.08 Å². The third-order valence-electron chi connectivity index (χ3n) is 1.27. The van der Waals surface area contributed by atoms with Gasteiger partial charge in [-0.3, -0.25) is 0 Å². The van der Waals surface area contributed by atoms with Gasteiger partial charge < -0.3 is 9.52 Å². The molecular weight excluding hydrogens is 238 g/mol. The molecule has 0 radical (unpaired) electrons. The maximum absolute atomic E-state index is 10.4. The third-order valence-corrected chi connectivity index (χ3v) is 1.93. The van der Waals surface area contributed by atoms with E-state index in [0.29, 0.717) is 10.2 Å². The van der Waals surface area contributed by atoms with E-state index in [1.807, 2.05) is 0 Å². The van der Waals surface area contributed by atoms with Gasteiger partial charge in [-0.25, -0.2) is 4.79 Å². The summed E-state index contributed by atoms with van der Waals surface area (Å²) in [6, 6.07) is 3.16. The molecule has 0 atom stereocenters. The minimum absolute atomic E-state index is 0.318. The predicted molar refractivity (Wildman–Crippen MR) is 47.6 cm³/mol. The van der Waals surface area contributed by atoms with Crippen LogP contribution in [0.4, 0.5) is 0 Å². The van der Waals surface area contributed by atoms with Gasteiger partial charge in [-0.05, 0) is 22.0 Å². The van der Waals surface area contributed by atoms with Crippen molar-refractivity contribution >= 4 is 28.0 Å². The number of hydrogen-bond acceptors (Lipinski definition) is 3. The van der Waals surface area contributed by atoms with Crippen molar-refractivity contribution in [3.63, 3.8) is 0 Å². The lowest BCUT2D eigenvalue weighted by atomic mass is 10.2. The van der Waals surface area contributed by atoms with Crippen molar-refractivity contribution < 1.29 is 14.3 Å². The van der Waals surface area contributed by atoms with Crippen LogP contribution in [0.15, 0.2) is 26.8 Å². The highest BCUT2D eigenvalue weighted by molar-refractivity contribution is 9.10. The Balaban J connectivity index is 3.07. The van der Waals surface area contributed by atoms with Crippen molar-refractivity contribution in [2.45, 2.75) is 0 Å². The third kappa shape index (κ3) is 2.20. The zero-order valence-corrected chi connectivity index (χ0v) is 7.91. The molecule has 0 bridgehead atoms. The fourth-order valence-corrected chi connectivity index (χ4v) is 0.997. The maximum Gasteiger partial charge on any atom is 0.346 e. The first-order valence-corrected chi connectivity index (χ1v) is 4.02. The molecule has 0 unspecified atom stereocenters. The molecule has 5 heteroatoms. The molecule has 1 N–H and O–H groups in total. The Morgan fingerprint density at radius 3 is 2.85 bits per heavy atom. The molecule has 0 aliphatic heterocycles. The molecule has 1 rings (SSSR count). The number of aliphatic carboxylic acids is 1. The van der Waals surface area contributed by atoms with E-state index in [9.17, 15) is 4.79 Å². The molecule has 0 spiro atoms. The zero-order valence-electron chi connectivity index (χ0n) is 6.32. The number of carboxylic acids is 1. The van der Waals surface area contributed by atoms with Crippen LogP contribution in [0.2, 0.25) is 0 Å². The van der Waals surface area contributed by atoms with Crippen molar-refractivity contribution in [3.8, 4) is 6.07 Å². The number of carbonyl (C=O) groups is 1. The van der Waals surface area contributed by atoms with Crippen LogP contribution >= 0.6 is 15.9 Å². The molecule has 1 aromatic rings. The quantitative estimate of drug-likeness (QED) is 0.635. The Morgan fingerprint density at radius 1 is 1.77 bits per heavy atom. The monoisotopic (exact) mass is 241 g/mol. The minimum atomic E-state index is -1.27. The summed E-state index contributed by atoms with van der Waals surface area (Å²) in [5, 5.41) is 16.9. The number of nitrogens with zero attached hydrogens (tertiary/aromatic N) is 1. The van der Waals surface area contributed by atoms with Crippen LogP contribution in [0.3, 0.4) is 0 Å². The van der Waals surface area contributed by atoms with Crippen LogP contribution in [-0.4, -0.2) is 11.1 Å². The summed E-state index contributed by atoms with van der Waals surface area (Å²) < 4.78 is 5.52. The normalized spacial score (nSPS) is 10.9. The van der Waals surface area contributed by atoms with Gasteiger partial charge in [-0.2, -0.15) is 5.26 Å². The second-order valence-electron chi connectivity index (χ2n) is 2.11. The topological polar surface area (TPSA) is 74.2 Å². The zero-order chi connectivity index (χ0) is 9.84. The first-order chi connectivity index (χ1) is 6.15. The molecule has 0 aliphatic carbocycles. The molecule has 0 fully saturated rings. The van der Waals surface area contributed by atoms with Gasteiger partial charge >= 0.3 is 5.97 Å². The highest BCUT2D eigenvalue weighted by Gasteiger charge is 2.08. The molecule has 0 saturated carbocycles. The van der Waals surface area contributed by atoms with Crippen molar-refractivity contribution in [2.75, 3.05) is 0 Å². The second kappa shape index (κ2) is 3.92. The summed E-state index contributed by atoms with van der Waals surface area (Å²) in [5.74, 6) is -0.954. The molecule has 4 nitrogen and oxygen atoms in total. The minimum Gasteiger partial charge on any atom is -0.477 e. The van der Waals surface area contributed by atoms with Crippen LogP contribution in [0.1, 0.15) is 5.76 Å². The highest BCUT2D eigenvalue weighted by atomic mass is 79.9. The largest absolute Gasteiger partial charge is 0.477 e. The van der Waals surface area contributed by atoms with E-state index in [1.165, 1.54) is 6.26 Å². The van der Waals surface area contributed by atoms with E-state index >= 15 is 0 Å². The van der Waals surface area contributed by atoms with Gasteiger partial charge in [0.05, 0.1) is 10.7 Å². The Morgan fingerprint density at radius 2 is 2.46 bits per heavy atom. The smallest absolute Gasteiger partial charge is 0.346 e. The Labute approximate surface area is 82.2 Å². The highest BCUT2D eigenvalue weighted by Crippen LogP contribution is 2.20. The fraction of sp³-hybridized carbons (Fsp3) is 0. The average Bonchev–Trinajstić information content (AvgIpc) is 2.46. The molecule has 0 saturated heterocycles. The van der Waals surface area contributed by atoms with Crippen molar-refractivity contribution in [2.24, 2.45) is 0 Å². The predicted octanol–water partition coefficient (Wildman–Crippen LogP) is 2.03. The van der Waals surface area contributed by atoms with Gasteiger partial charge in [0, 0.05) is 6.08 Å². The van der Waals surface area contributed by atoms with Crippen LogP contribution < -0.4 is 0 Å². The van der Waals surface area contributed by atoms with E-state index in [4.69, 9.17) is 14.8 Å². The second-order valence-corrected chi connectivity index (χ2v) is 2.96. The molecule has 13 heavy (non-hydrogen) atoms. The Kier molecular flexibility index (Phi) is 2.88. The van der Waals surface area contributed by atoms with Crippen LogP contribution in [0, 0.1) is 11.3 Å². The summed E-state index contributed by atoms with van der Waals surface area (Å²) in [4.78, 5) is 10.4. The summed E-state index contributed by atoms with van der Waals surface area (Å²) in [5.41, 5.74) is -0.365. The molecular formula is C8H4BrNO3. The Bertz CT molecular complexity index is 400. The van der Waals surface area contributed by atoms with Gasteiger partial charge in [0.25, 0.3) is 0 Å². The van der Waals surface area contributed by atoms with E-state index in [0.717, 1.165) is 6.08 Å². The van der Waals surface area contributed by atoms with Gasteiger partial charge in [-0.1, -0.05) is 0 Å². The van der Waals surface area contributed by atoms with Crippen molar-refractivity contribution in [1.82, 2.24) is 0 Å². The first-order valence-electron chi connectivity index (χ1n) is 3.23. The average molecular weight is 242 g/mol. The lowest BCUT2D eigenvalue weighted by Gasteiger charge is -1.89. The van der Waals surface area contributed by atoms with Gasteiger partial charge in [-0.15, -0.1) is 0 Å². The van der Waals surface area contributed by atoms with Crippen LogP contribution in [-0.2, 0) is 4.79 Å².